The number of amides is 1. The zero-order valence-corrected chi connectivity index (χ0v) is 20.0. The standard InChI is InChI=1S/C25H40FNO6/c1-25(2,33-22-12-9-8-11-19(22)26)23(32-3)15-14-18-17(20(28)16-21(18)29)10-6-4-5-7-13-24(30)27-31/h8-9,11-12,17-18,20-21,23,28-29,31H,4-7,10,13-16H2,1-3H3,(H,27,30). The molecule has 1 fully saturated rings. The van der Waals surface area contributed by atoms with Gasteiger partial charge in [-0.05, 0) is 69.9 Å². The van der Waals surface area contributed by atoms with Gasteiger partial charge in [0, 0.05) is 13.5 Å². The van der Waals surface area contributed by atoms with Crippen molar-refractivity contribution >= 4 is 5.91 Å². The van der Waals surface area contributed by atoms with Crippen LogP contribution in [0.5, 0.6) is 5.75 Å². The fourth-order valence-corrected chi connectivity index (χ4v) is 5.03. The van der Waals surface area contributed by atoms with Crippen molar-refractivity contribution in [2.24, 2.45) is 11.8 Å². The molecule has 0 aromatic heterocycles. The van der Waals surface area contributed by atoms with Crippen LogP contribution in [0.4, 0.5) is 4.39 Å². The van der Waals surface area contributed by atoms with E-state index in [1.54, 1.807) is 30.8 Å². The summed E-state index contributed by atoms with van der Waals surface area (Å²) in [7, 11) is 1.60. The molecule has 5 unspecified atom stereocenters. The smallest absolute Gasteiger partial charge is 0.243 e. The number of hydrogen-bond acceptors (Lipinski definition) is 6. The maximum Gasteiger partial charge on any atom is 0.243 e. The van der Waals surface area contributed by atoms with Gasteiger partial charge in [-0.2, -0.15) is 0 Å². The SMILES string of the molecule is COC(CCC1C(O)CC(O)C1CCCCCCC(=O)NO)C(C)(C)Oc1ccccc1F. The van der Waals surface area contributed by atoms with Crippen LogP contribution >= 0.6 is 0 Å². The number of hydroxylamine groups is 1. The van der Waals surface area contributed by atoms with Crippen molar-refractivity contribution in [1.29, 1.82) is 0 Å². The van der Waals surface area contributed by atoms with Crippen LogP contribution in [0.3, 0.4) is 0 Å². The van der Waals surface area contributed by atoms with Crippen molar-refractivity contribution in [2.75, 3.05) is 7.11 Å². The van der Waals surface area contributed by atoms with Gasteiger partial charge in [0.25, 0.3) is 0 Å². The summed E-state index contributed by atoms with van der Waals surface area (Å²) in [6, 6.07) is 6.28. The lowest BCUT2D eigenvalue weighted by Crippen LogP contribution is -2.44. The molecule has 8 heteroatoms. The summed E-state index contributed by atoms with van der Waals surface area (Å²) in [6.07, 6.45) is 4.75. The Kier molecular flexibility index (Phi) is 11.0. The summed E-state index contributed by atoms with van der Waals surface area (Å²) in [5.41, 5.74) is 0.852. The van der Waals surface area contributed by atoms with Crippen molar-refractivity contribution in [2.45, 2.75) is 95.5 Å². The molecule has 5 atom stereocenters. The fraction of sp³-hybridized carbons (Fsp3) is 0.720. The Bertz CT molecular complexity index is 731. The van der Waals surface area contributed by atoms with Crippen LogP contribution in [-0.2, 0) is 9.53 Å². The zero-order chi connectivity index (χ0) is 24.4. The quantitative estimate of drug-likeness (QED) is 0.186. The summed E-state index contributed by atoms with van der Waals surface area (Å²) in [4.78, 5) is 11.1. The molecule has 0 bridgehead atoms. The van der Waals surface area contributed by atoms with Crippen LogP contribution in [-0.4, -0.2) is 52.4 Å². The molecule has 0 saturated heterocycles. The highest BCUT2D eigenvalue weighted by atomic mass is 19.1. The number of ether oxygens (including phenoxy) is 2. The van der Waals surface area contributed by atoms with Gasteiger partial charge in [0.2, 0.25) is 5.91 Å². The van der Waals surface area contributed by atoms with Gasteiger partial charge in [-0.15, -0.1) is 0 Å². The Morgan fingerprint density at radius 2 is 1.76 bits per heavy atom. The first kappa shape index (κ1) is 27.5. The Hall–Kier alpha value is -1.74. The van der Waals surface area contributed by atoms with E-state index in [1.165, 1.54) is 6.07 Å². The average Bonchev–Trinajstić information content (AvgIpc) is 3.04. The van der Waals surface area contributed by atoms with E-state index in [2.05, 4.69) is 0 Å². The molecule has 4 N–H and O–H groups in total. The van der Waals surface area contributed by atoms with Gasteiger partial charge in [0.1, 0.15) is 5.60 Å². The first-order chi connectivity index (χ1) is 15.7. The van der Waals surface area contributed by atoms with Crippen LogP contribution in [0.1, 0.15) is 71.6 Å². The molecule has 0 spiro atoms. The zero-order valence-electron chi connectivity index (χ0n) is 20.0. The number of nitrogens with one attached hydrogen (secondary N) is 1. The van der Waals surface area contributed by atoms with E-state index in [4.69, 9.17) is 14.7 Å². The number of hydrogen-bond donors (Lipinski definition) is 4. The number of methoxy groups -OCH3 is 1. The first-order valence-electron chi connectivity index (χ1n) is 11.9. The fourth-order valence-electron chi connectivity index (χ4n) is 5.03. The second-order valence-electron chi connectivity index (χ2n) is 9.62. The van der Waals surface area contributed by atoms with Gasteiger partial charge >= 0.3 is 0 Å². The predicted octanol–water partition coefficient (Wildman–Crippen LogP) is 3.98. The monoisotopic (exact) mass is 469 g/mol. The number of benzene rings is 1. The summed E-state index contributed by atoms with van der Waals surface area (Å²) in [6.45, 7) is 3.73. The maximum atomic E-state index is 14.1. The first-order valence-corrected chi connectivity index (χ1v) is 11.9. The molecule has 1 amide bonds. The third kappa shape index (κ3) is 8.21. The second-order valence-corrected chi connectivity index (χ2v) is 9.62. The van der Waals surface area contributed by atoms with E-state index in [1.807, 2.05) is 13.8 Å². The summed E-state index contributed by atoms with van der Waals surface area (Å²) in [5, 5.41) is 29.6. The van der Waals surface area contributed by atoms with Crippen molar-refractivity contribution in [3.05, 3.63) is 30.1 Å². The number of aliphatic hydroxyl groups is 2. The number of halogens is 1. The average molecular weight is 470 g/mol. The van der Waals surface area contributed by atoms with Crippen LogP contribution in [0.2, 0.25) is 0 Å². The number of para-hydroxylation sites is 1. The van der Waals surface area contributed by atoms with Gasteiger partial charge in [-0.1, -0.05) is 31.4 Å². The van der Waals surface area contributed by atoms with Crippen molar-refractivity contribution in [3.63, 3.8) is 0 Å². The van der Waals surface area contributed by atoms with E-state index >= 15 is 0 Å². The van der Waals surface area contributed by atoms with Gasteiger partial charge in [-0.3, -0.25) is 10.0 Å². The highest BCUT2D eigenvalue weighted by Gasteiger charge is 2.42. The summed E-state index contributed by atoms with van der Waals surface area (Å²) in [5.74, 6) is -0.656. The molecule has 188 valence electrons. The van der Waals surface area contributed by atoms with E-state index in [0.717, 1.165) is 25.7 Å². The maximum absolute atomic E-state index is 14.1. The van der Waals surface area contributed by atoms with Gasteiger partial charge in [0.15, 0.2) is 11.6 Å². The van der Waals surface area contributed by atoms with Gasteiger partial charge < -0.3 is 19.7 Å². The van der Waals surface area contributed by atoms with E-state index in [-0.39, 0.29) is 29.6 Å². The number of carbonyl (C=O) groups excluding carboxylic acids is 1. The van der Waals surface area contributed by atoms with E-state index in [9.17, 15) is 19.4 Å². The largest absolute Gasteiger partial charge is 0.482 e. The molecule has 0 radical (unpaired) electrons. The van der Waals surface area contributed by atoms with Crippen molar-refractivity contribution in [1.82, 2.24) is 5.48 Å². The molecule has 1 saturated carbocycles. The molecule has 1 aliphatic carbocycles. The van der Waals surface area contributed by atoms with Crippen LogP contribution in [0, 0.1) is 17.7 Å². The molecule has 0 heterocycles. The van der Waals surface area contributed by atoms with Crippen molar-refractivity contribution in [3.8, 4) is 5.75 Å². The Morgan fingerprint density at radius 1 is 1.12 bits per heavy atom. The minimum Gasteiger partial charge on any atom is -0.482 e. The number of unbranched alkanes of at least 4 members (excludes halogenated alkanes) is 3. The predicted molar refractivity (Wildman–Crippen MR) is 122 cm³/mol. The van der Waals surface area contributed by atoms with Crippen LogP contribution in [0.25, 0.3) is 0 Å². The number of rotatable bonds is 14. The molecule has 1 aromatic carbocycles. The minimum absolute atomic E-state index is 0.00819. The molecule has 1 aliphatic rings. The summed E-state index contributed by atoms with van der Waals surface area (Å²) < 4.78 is 25.7. The number of aliphatic hydroxyl groups excluding tert-OH is 2. The van der Waals surface area contributed by atoms with Gasteiger partial charge in [-0.25, -0.2) is 9.87 Å². The summed E-state index contributed by atoms with van der Waals surface area (Å²) >= 11 is 0. The molecule has 1 aromatic rings. The lowest BCUT2D eigenvalue weighted by Gasteiger charge is -2.35. The highest BCUT2D eigenvalue weighted by molar-refractivity contribution is 5.74. The number of carbonyl (C=O) groups is 1. The lowest BCUT2D eigenvalue weighted by molar-refractivity contribution is -0.129. The van der Waals surface area contributed by atoms with E-state index in [0.29, 0.717) is 32.1 Å². The Morgan fingerprint density at radius 3 is 2.39 bits per heavy atom. The van der Waals surface area contributed by atoms with Crippen LogP contribution < -0.4 is 10.2 Å². The molecule has 2 rings (SSSR count). The topological polar surface area (TPSA) is 108 Å². The molecule has 0 aliphatic heterocycles. The molecular weight excluding hydrogens is 429 g/mol. The van der Waals surface area contributed by atoms with Gasteiger partial charge in [0.05, 0.1) is 18.3 Å². The molecule has 7 nitrogen and oxygen atoms in total. The van der Waals surface area contributed by atoms with Crippen LogP contribution in [0.15, 0.2) is 24.3 Å². The highest BCUT2D eigenvalue weighted by Crippen LogP contribution is 2.40. The molecular formula is C25H40FNO6. The molecule has 33 heavy (non-hydrogen) atoms. The second kappa shape index (κ2) is 13.2. The Balaban J connectivity index is 1.87. The van der Waals surface area contributed by atoms with E-state index < -0.39 is 23.6 Å². The normalized spacial score (nSPS) is 24.0. The third-order valence-corrected chi connectivity index (χ3v) is 6.87. The minimum atomic E-state index is -0.782. The third-order valence-electron chi connectivity index (χ3n) is 6.87. The Labute approximate surface area is 196 Å². The van der Waals surface area contributed by atoms with Crippen molar-refractivity contribution < 1.29 is 34.1 Å². The lowest BCUT2D eigenvalue weighted by atomic mass is 9.83.